The Morgan fingerprint density at radius 1 is 1.00 bits per heavy atom. The summed E-state index contributed by atoms with van der Waals surface area (Å²) in [6.45, 7) is 0. The Labute approximate surface area is 87.7 Å². The van der Waals surface area contributed by atoms with Gasteiger partial charge in [0.2, 0.25) is 0 Å². The van der Waals surface area contributed by atoms with Crippen LogP contribution in [0, 0.1) is 0 Å². The van der Waals surface area contributed by atoms with E-state index in [1.807, 2.05) is 0 Å². The van der Waals surface area contributed by atoms with E-state index in [9.17, 15) is 0 Å². The summed E-state index contributed by atoms with van der Waals surface area (Å²) in [5.74, 6) is -3.65. The zero-order chi connectivity index (χ0) is 5.15. The fourth-order valence-electron chi connectivity index (χ4n) is 0. The molecule has 0 fully saturated rings. The molecule has 0 saturated carbocycles. The number of hydrogen-bond donors (Lipinski definition) is 2. The first-order chi connectivity index (χ1) is 2.64. The van der Waals surface area contributed by atoms with Gasteiger partial charge in [-0.2, -0.15) is 0 Å². The van der Waals surface area contributed by atoms with Crippen molar-refractivity contribution < 1.29 is 19.8 Å². The molecule has 42 valence electrons. The molecular weight excluding hydrogens is 318 g/mol. The van der Waals surface area contributed by atoms with Crippen LogP contribution in [0.25, 0.3) is 0 Å². The Bertz CT molecular complexity index is 80.0. The predicted octanol–water partition coefficient (Wildman–Crippen LogP) is -2.41. The normalized spacial score (nSPS) is 5.50. The molecule has 2 N–H and O–H groups in total. The Morgan fingerprint density at radius 2 is 1.12 bits per heavy atom. The monoisotopic (exact) mass is 324 g/mol. The van der Waals surface area contributed by atoms with Crippen molar-refractivity contribution in [3.8, 4) is 0 Å². The van der Waals surface area contributed by atoms with Crippen molar-refractivity contribution in [1.82, 2.24) is 0 Å². The van der Waals surface area contributed by atoms with Crippen molar-refractivity contribution in [2.24, 2.45) is 0 Å². The van der Waals surface area contributed by atoms with E-state index in [0.717, 1.165) is 0 Å². The van der Waals surface area contributed by atoms with Crippen LogP contribution in [0.4, 0.5) is 0 Å². The number of aliphatic carboxylic acids is 2. The molecule has 4 nitrogen and oxygen atoms in total. The van der Waals surface area contributed by atoms with Crippen molar-refractivity contribution in [1.29, 1.82) is 0 Å². The van der Waals surface area contributed by atoms with Crippen LogP contribution < -0.4 is 0 Å². The van der Waals surface area contributed by atoms with E-state index in [0.29, 0.717) is 0 Å². The molecule has 6 heteroatoms. The first-order valence-corrected chi connectivity index (χ1v) is 1.11. The Balaban J connectivity index is -0.000000125. The van der Waals surface area contributed by atoms with Crippen molar-refractivity contribution >= 4 is 68.8 Å². The average molecular weight is 323 g/mol. The molecule has 0 amide bonds. The third-order valence-electron chi connectivity index (χ3n) is 0.183. The maximum absolute atomic E-state index is 9.10. The van der Waals surface area contributed by atoms with Crippen LogP contribution in [0.3, 0.4) is 0 Å². The van der Waals surface area contributed by atoms with Crippen molar-refractivity contribution in [3.63, 3.8) is 0 Å². The molecule has 0 aliphatic rings. The second-order valence-electron chi connectivity index (χ2n) is 0.610. The van der Waals surface area contributed by atoms with Crippen LogP contribution in [0.2, 0.25) is 0 Å². The molecule has 8 heavy (non-hydrogen) atoms. The molecule has 0 heterocycles. The van der Waals surface area contributed by atoms with Gasteiger partial charge < -0.3 is 10.2 Å². The van der Waals surface area contributed by atoms with Crippen molar-refractivity contribution in [3.05, 3.63) is 0 Å². The van der Waals surface area contributed by atoms with Gasteiger partial charge in [0.1, 0.15) is 0 Å². The first kappa shape index (κ1) is 15.9. The van der Waals surface area contributed by atoms with E-state index in [2.05, 4.69) is 0 Å². The Kier molecular flexibility index (Phi) is 15.7. The minimum atomic E-state index is -1.82. The van der Waals surface area contributed by atoms with Gasteiger partial charge in [0.15, 0.2) is 0 Å². The molecular formula is C2H5NaO4Pb. The topological polar surface area (TPSA) is 74.6 Å². The van der Waals surface area contributed by atoms with Crippen molar-refractivity contribution in [2.75, 3.05) is 0 Å². The van der Waals surface area contributed by atoms with E-state index in [-0.39, 0.29) is 56.9 Å². The van der Waals surface area contributed by atoms with Gasteiger partial charge in [0, 0.05) is 0 Å². The second-order valence-corrected chi connectivity index (χ2v) is 0.610. The molecule has 0 spiro atoms. The predicted molar refractivity (Wildman–Crippen MR) is 31.0 cm³/mol. The van der Waals surface area contributed by atoms with Gasteiger partial charge in [-0.1, -0.05) is 0 Å². The van der Waals surface area contributed by atoms with Gasteiger partial charge in [0.05, 0.1) is 0 Å². The summed E-state index contributed by atoms with van der Waals surface area (Å²) in [4.78, 5) is 18.2. The Hall–Kier alpha value is 0.862. The number of carbonyl (C=O) groups is 2. The number of carboxylic acids is 2. The summed E-state index contributed by atoms with van der Waals surface area (Å²) in [5.41, 5.74) is 0. The van der Waals surface area contributed by atoms with Gasteiger partial charge in [-0.25, -0.2) is 9.59 Å². The zero-order valence-electron chi connectivity index (χ0n) is 3.42. The SMILES string of the molecule is O=C(O)C(=O)O.[NaH].[PbH2]. The summed E-state index contributed by atoms with van der Waals surface area (Å²) < 4.78 is 0. The molecule has 0 aliphatic heterocycles. The van der Waals surface area contributed by atoms with Crippen LogP contribution in [-0.2, 0) is 9.59 Å². The quantitative estimate of drug-likeness (QED) is 0.385. The molecule has 0 bridgehead atoms. The fourth-order valence-corrected chi connectivity index (χ4v) is 0. The fraction of sp³-hybridized carbons (Fsp3) is 0. The van der Waals surface area contributed by atoms with Crippen LogP contribution in [0.15, 0.2) is 0 Å². The molecule has 2 radical (unpaired) electrons. The summed E-state index contributed by atoms with van der Waals surface area (Å²) in [6, 6.07) is 0. The number of hydrogen-bond acceptors (Lipinski definition) is 2. The average Bonchev–Trinajstić information content (AvgIpc) is 1.36. The summed E-state index contributed by atoms with van der Waals surface area (Å²) in [7, 11) is 0. The van der Waals surface area contributed by atoms with Gasteiger partial charge in [-0.3, -0.25) is 0 Å². The second kappa shape index (κ2) is 7.86. The first-order valence-electron chi connectivity index (χ1n) is 1.11. The molecule has 0 aromatic carbocycles. The van der Waals surface area contributed by atoms with Gasteiger partial charge in [-0.05, 0) is 0 Å². The van der Waals surface area contributed by atoms with Gasteiger partial charge in [-0.15, -0.1) is 0 Å². The molecule has 0 rings (SSSR count). The minimum absolute atomic E-state index is 0. The van der Waals surface area contributed by atoms with Gasteiger partial charge in [0.25, 0.3) is 0 Å². The van der Waals surface area contributed by atoms with Crippen LogP contribution in [-0.4, -0.2) is 79.0 Å². The van der Waals surface area contributed by atoms with E-state index in [1.165, 1.54) is 0 Å². The van der Waals surface area contributed by atoms with Crippen LogP contribution in [0.1, 0.15) is 0 Å². The molecule has 0 aromatic heterocycles. The summed E-state index contributed by atoms with van der Waals surface area (Å²) in [5, 5.41) is 14.8. The van der Waals surface area contributed by atoms with Crippen LogP contribution >= 0.6 is 0 Å². The third-order valence-corrected chi connectivity index (χ3v) is 0.183. The molecule has 0 saturated heterocycles. The Morgan fingerprint density at radius 3 is 1.12 bits per heavy atom. The van der Waals surface area contributed by atoms with Crippen molar-refractivity contribution in [2.45, 2.75) is 0 Å². The molecule has 0 aromatic rings. The summed E-state index contributed by atoms with van der Waals surface area (Å²) >= 11 is 0. The standard InChI is InChI=1S/C2H2O4.Na.Pb.3H/c3-1(4)2(5)6;;;;;/h(H,3,4)(H,5,6);;;;;. The molecule has 0 atom stereocenters. The third kappa shape index (κ3) is 9.98. The van der Waals surface area contributed by atoms with E-state index in [4.69, 9.17) is 19.8 Å². The summed E-state index contributed by atoms with van der Waals surface area (Å²) in [6.07, 6.45) is 0. The van der Waals surface area contributed by atoms with Crippen LogP contribution in [0.5, 0.6) is 0 Å². The molecule has 0 unspecified atom stereocenters. The van der Waals surface area contributed by atoms with E-state index in [1.54, 1.807) is 0 Å². The number of carboxylic acid groups (broad SMARTS) is 2. The number of rotatable bonds is 0. The van der Waals surface area contributed by atoms with Gasteiger partial charge >= 0.3 is 68.8 Å². The zero-order valence-corrected chi connectivity index (χ0v) is 8.92. The van der Waals surface area contributed by atoms with E-state index < -0.39 is 11.9 Å². The maximum atomic E-state index is 9.10. The molecule has 0 aliphatic carbocycles. The van der Waals surface area contributed by atoms with E-state index >= 15 is 0 Å².